The van der Waals surface area contributed by atoms with Gasteiger partial charge in [0.25, 0.3) is 0 Å². The van der Waals surface area contributed by atoms with Crippen molar-refractivity contribution in [2.24, 2.45) is 0 Å². The number of halogens is 1. The largest absolute Gasteiger partial charge is 0.507 e. The van der Waals surface area contributed by atoms with Crippen LogP contribution in [0.2, 0.25) is 5.02 Å². The van der Waals surface area contributed by atoms with Crippen molar-refractivity contribution in [3.8, 4) is 5.75 Å². The number of carbonyl (C=O) groups is 2. The van der Waals surface area contributed by atoms with Crippen molar-refractivity contribution in [3.05, 3.63) is 28.3 Å². The van der Waals surface area contributed by atoms with E-state index in [4.69, 9.17) is 11.6 Å². The van der Waals surface area contributed by atoms with Crippen molar-refractivity contribution in [1.29, 1.82) is 0 Å². The van der Waals surface area contributed by atoms with Crippen LogP contribution in [0.5, 0.6) is 5.75 Å². The number of phenolic OH excluding ortho intramolecular Hbond substituents is 1. The summed E-state index contributed by atoms with van der Waals surface area (Å²) in [6.45, 7) is 0. The number of benzene rings is 1. The van der Waals surface area contributed by atoms with Gasteiger partial charge in [0.2, 0.25) is 0 Å². The summed E-state index contributed by atoms with van der Waals surface area (Å²) >= 11 is 5.76. The number of esters is 2. The third-order valence-electron chi connectivity index (χ3n) is 1.91. The van der Waals surface area contributed by atoms with Crippen LogP contribution in [-0.4, -0.2) is 31.3 Å². The summed E-state index contributed by atoms with van der Waals surface area (Å²) in [4.78, 5) is 22.8. The van der Waals surface area contributed by atoms with Crippen molar-refractivity contribution < 1.29 is 24.2 Å². The number of rotatable bonds is 2. The summed E-state index contributed by atoms with van der Waals surface area (Å²) < 4.78 is 8.91. The summed E-state index contributed by atoms with van der Waals surface area (Å²) in [5.74, 6) is -2.07. The molecule has 1 N–H and O–H groups in total. The Balaban J connectivity index is 3.49. The van der Waals surface area contributed by atoms with Crippen molar-refractivity contribution in [2.45, 2.75) is 0 Å². The van der Waals surface area contributed by atoms with Crippen molar-refractivity contribution in [1.82, 2.24) is 0 Å². The second-order valence-corrected chi connectivity index (χ2v) is 3.21. The van der Waals surface area contributed by atoms with Gasteiger partial charge in [-0.05, 0) is 12.1 Å². The number of carbonyl (C=O) groups excluding carboxylic acids is 2. The van der Waals surface area contributed by atoms with Gasteiger partial charge in [0.05, 0.1) is 24.8 Å². The Kier molecular flexibility index (Phi) is 3.73. The van der Waals surface area contributed by atoms with Crippen molar-refractivity contribution in [2.75, 3.05) is 14.2 Å². The quantitative estimate of drug-likeness (QED) is 0.801. The third-order valence-corrected chi connectivity index (χ3v) is 2.23. The van der Waals surface area contributed by atoms with Gasteiger partial charge in [0.1, 0.15) is 11.3 Å². The normalized spacial score (nSPS) is 9.69. The van der Waals surface area contributed by atoms with Crippen LogP contribution in [0.4, 0.5) is 0 Å². The van der Waals surface area contributed by atoms with Gasteiger partial charge in [0, 0.05) is 0 Å². The lowest BCUT2D eigenvalue weighted by Crippen LogP contribution is -2.12. The molecule has 0 aliphatic heterocycles. The first-order valence-corrected chi connectivity index (χ1v) is 4.58. The summed E-state index contributed by atoms with van der Waals surface area (Å²) in [5.41, 5.74) is -0.516. The maximum atomic E-state index is 11.4. The second kappa shape index (κ2) is 4.85. The number of phenols is 1. The van der Waals surface area contributed by atoms with E-state index >= 15 is 0 Å². The molecule has 0 unspecified atom stereocenters. The Bertz CT molecular complexity index is 400. The van der Waals surface area contributed by atoms with Crippen LogP contribution in [0.3, 0.4) is 0 Å². The molecule has 1 aromatic carbocycles. The molecular weight excluding hydrogens is 236 g/mol. The fourth-order valence-electron chi connectivity index (χ4n) is 1.18. The Hall–Kier alpha value is -1.75. The van der Waals surface area contributed by atoms with E-state index in [0.717, 1.165) is 14.2 Å². The molecule has 0 amide bonds. The average molecular weight is 245 g/mol. The Morgan fingerprint density at radius 3 is 2.12 bits per heavy atom. The van der Waals surface area contributed by atoms with Crippen LogP contribution in [0.25, 0.3) is 0 Å². The van der Waals surface area contributed by atoms with Gasteiger partial charge in [-0.3, -0.25) is 0 Å². The highest BCUT2D eigenvalue weighted by Crippen LogP contribution is 2.29. The van der Waals surface area contributed by atoms with Crippen molar-refractivity contribution >= 4 is 23.5 Å². The fourth-order valence-corrected chi connectivity index (χ4v) is 1.41. The van der Waals surface area contributed by atoms with Gasteiger partial charge < -0.3 is 14.6 Å². The van der Waals surface area contributed by atoms with E-state index in [-0.39, 0.29) is 16.1 Å². The first-order valence-electron chi connectivity index (χ1n) is 4.21. The lowest BCUT2D eigenvalue weighted by molar-refractivity contribution is 0.0552. The number of ether oxygens (including phenoxy) is 2. The second-order valence-electron chi connectivity index (χ2n) is 2.80. The molecule has 0 saturated carbocycles. The minimum absolute atomic E-state index is 0.00468. The topological polar surface area (TPSA) is 72.8 Å². The van der Waals surface area contributed by atoms with E-state index < -0.39 is 17.7 Å². The highest BCUT2D eigenvalue weighted by atomic mass is 35.5. The molecule has 6 heteroatoms. The molecule has 0 fully saturated rings. The minimum Gasteiger partial charge on any atom is -0.507 e. The van der Waals surface area contributed by atoms with Crippen LogP contribution in [0, 0.1) is 0 Å². The summed E-state index contributed by atoms with van der Waals surface area (Å²) in [5, 5.41) is 9.50. The van der Waals surface area contributed by atoms with Gasteiger partial charge >= 0.3 is 11.9 Å². The lowest BCUT2D eigenvalue weighted by atomic mass is 10.1. The first kappa shape index (κ1) is 12.3. The molecule has 1 rings (SSSR count). The standard InChI is InChI=1S/C10H9ClO5/c1-15-9(13)7-5(11)3-4-6(12)8(7)10(14)16-2/h3-4,12H,1-2H3. The van der Waals surface area contributed by atoms with E-state index in [9.17, 15) is 14.7 Å². The zero-order valence-corrected chi connectivity index (χ0v) is 9.37. The van der Waals surface area contributed by atoms with Gasteiger partial charge in [-0.1, -0.05) is 11.6 Å². The van der Waals surface area contributed by atoms with E-state index in [1.165, 1.54) is 12.1 Å². The summed E-state index contributed by atoms with van der Waals surface area (Å²) in [6, 6.07) is 2.48. The molecular formula is C10H9ClO5. The number of methoxy groups -OCH3 is 2. The Labute approximate surface area is 96.5 Å². The van der Waals surface area contributed by atoms with Crippen LogP contribution in [0.15, 0.2) is 12.1 Å². The molecule has 0 spiro atoms. The fraction of sp³-hybridized carbons (Fsp3) is 0.200. The molecule has 0 heterocycles. The molecule has 0 saturated heterocycles. The maximum Gasteiger partial charge on any atom is 0.342 e. The molecule has 0 atom stereocenters. The van der Waals surface area contributed by atoms with Crippen molar-refractivity contribution in [3.63, 3.8) is 0 Å². The average Bonchev–Trinajstić information content (AvgIpc) is 2.29. The van der Waals surface area contributed by atoms with E-state index in [2.05, 4.69) is 9.47 Å². The maximum absolute atomic E-state index is 11.4. The molecule has 86 valence electrons. The van der Waals surface area contributed by atoms with Gasteiger partial charge in [-0.2, -0.15) is 0 Å². The lowest BCUT2D eigenvalue weighted by Gasteiger charge is -2.09. The summed E-state index contributed by atoms with van der Waals surface area (Å²) in [7, 11) is 2.27. The number of hydrogen-bond donors (Lipinski definition) is 1. The molecule has 5 nitrogen and oxygen atoms in total. The molecule has 0 aliphatic carbocycles. The van der Waals surface area contributed by atoms with Crippen LogP contribution in [-0.2, 0) is 9.47 Å². The monoisotopic (exact) mass is 244 g/mol. The number of aromatic hydroxyl groups is 1. The smallest absolute Gasteiger partial charge is 0.342 e. The molecule has 0 aliphatic rings. The Morgan fingerprint density at radius 2 is 1.62 bits per heavy atom. The highest BCUT2D eigenvalue weighted by Gasteiger charge is 2.25. The molecule has 0 aromatic heterocycles. The first-order chi connectivity index (χ1) is 7.52. The van der Waals surface area contributed by atoms with E-state index in [1.807, 2.05) is 0 Å². The van der Waals surface area contributed by atoms with Crippen LogP contribution in [0.1, 0.15) is 20.7 Å². The third kappa shape index (κ3) is 2.09. The highest BCUT2D eigenvalue weighted by molar-refractivity contribution is 6.34. The van der Waals surface area contributed by atoms with E-state index in [1.54, 1.807) is 0 Å². The zero-order valence-electron chi connectivity index (χ0n) is 8.61. The van der Waals surface area contributed by atoms with Gasteiger partial charge in [-0.15, -0.1) is 0 Å². The van der Waals surface area contributed by atoms with Gasteiger partial charge in [-0.25, -0.2) is 9.59 Å². The number of hydrogen-bond acceptors (Lipinski definition) is 5. The molecule has 0 bridgehead atoms. The van der Waals surface area contributed by atoms with E-state index in [0.29, 0.717) is 0 Å². The SMILES string of the molecule is COC(=O)c1c(O)ccc(Cl)c1C(=O)OC. The molecule has 0 radical (unpaired) electrons. The van der Waals surface area contributed by atoms with Gasteiger partial charge in [0.15, 0.2) is 0 Å². The zero-order chi connectivity index (χ0) is 12.3. The van der Waals surface area contributed by atoms with Crippen LogP contribution >= 0.6 is 11.6 Å². The summed E-state index contributed by atoms with van der Waals surface area (Å²) in [6.07, 6.45) is 0. The predicted molar refractivity (Wildman–Crippen MR) is 55.8 cm³/mol. The predicted octanol–water partition coefficient (Wildman–Crippen LogP) is 1.62. The Morgan fingerprint density at radius 1 is 1.12 bits per heavy atom. The van der Waals surface area contributed by atoms with Crippen LogP contribution < -0.4 is 0 Å². The minimum atomic E-state index is -0.861. The molecule has 16 heavy (non-hydrogen) atoms. The molecule has 1 aromatic rings.